The van der Waals surface area contributed by atoms with Crippen LogP contribution in [0.4, 0.5) is 0 Å². The van der Waals surface area contributed by atoms with Gasteiger partial charge in [-0.1, -0.05) is 147 Å². The standard InChI is InChI=1S/C43H82NO7P/c1-3-5-7-9-11-13-15-17-19-21-22-24-26-28-30-32-34-36-43(45)51-42(41-50-52(46,47)49-39-37-44)40-48-38-35-33-31-29-27-25-23-20-18-16-14-12-10-8-6-4-2/h17-20,35,38,42H,3-16,21-34,36-37,39-41,44H2,1-2H3,(H,46,47). The van der Waals surface area contributed by atoms with E-state index in [4.69, 9.17) is 24.3 Å². The zero-order chi connectivity index (χ0) is 38.1. The number of hydrogen-bond acceptors (Lipinski definition) is 7. The van der Waals surface area contributed by atoms with Crippen molar-refractivity contribution in [3.05, 3.63) is 36.6 Å². The number of carbonyl (C=O) groups is 1. The van der Waals surface area contributed by atoms with Crippen LogP contribution < -0.4 is 5.73 Å². The molecule has 8 nitrogen and oxygen atoms in total. The molecule has 9 heteroatoms. The number of hydrogen-bond donors (Lipinski definition) is 2. The van der Waals surface area contributed by atoms with Crippen molar-refractivity contribution in [2.24, 2.45) is 5.73 Å². The van der Waals surface area contributed by atoms with Crippen molar-refractivity contribution >= 4 is 13.8 Å². The third kappa shape index (κ3) is 39.8. The van der Waals surface area contributed by atoms with Crippen LogP contribution in [0.2, 0.25) is 0 Å². The van der Waals surface area contributed by atoms with Gasteiger partial charge in [-0.25, -0.2) is 4.57 Å². The van der Waals surface area contributed by atoms with Gasteiger partial charge < -0.3 is 20.1 Å². The molecule has 0 amide bonds. The predicted octanol–water partition coefficient (Wildman–Crippen LogP) is 13.0. The van der Waals surface area contributed by atoms with Gasteiger partial charge in [0.05, 0.1) is 19.5 Å². The summed E-state index contributed by atoms with van der Waals surface area (Å²) in [6.45, 7) is 4.22. The van der Waals surface area contributed by atoms with E-state index in [0.717, 1.165) is 38.5 Å². The summed E-state index contributed by atoms with van der Waals surface area (Å²) in [6, 6.07) is 0. The highest BCUT2D eigenvalue weighted by Crippen LogP contribution is 2.43. The number of allylic oxidation sites excluding steroid dienone is 5. The summed E-state index contributed by atoms with van der Waals surface area (Å²) in [7, 11) is -4.29. The lowest BCUT2D eigenvalue weighted by Gasteiger charge is -2.19. The Hall–Kier alpha value is -1.44. The molecule has 0 radical (unpaired) electrons. The molecule has 306 valence electrons. The van der Waals surface area contributed by atoms with Crippen LogP contribution in [-0.2, 0) is 27.9 Å². The Balaban J connectivity index is 4.10. The maximum Gasteiger partial charge on any atom is 0.472 e. The van der Waals surface area contributed by atoms with E-state index in [9.17, 15) is 14.3 Å². The largest absolute Gasteiger partial charge is 0.498 e. The number of unbranched alkanes of at least 4 members (excludes halogenated alkanes) is 24. The molecule has 0 aromatic carbocycles. The monoisotopic (exact) mass is 756 g/mol. The van der Waals surface area contributed by atoms with E-state index in [1.54, 1.807) is 6.26 Å². The number of nitrogens with two attached hydrogens (primary N) is 1. The summed E-state index contributed by atoms with van der Waals surface area (Å²) in [5, 5.41) is 0. The molecular formula is C43H82NO7P. The minimum atomic E-state index is -4.29. The van der Waals surface area contributed by atoms with E-state index in [2.05, 4.69) is 38.2 Å². The van der Waals surface area contributed by atoms with Crippen molar-refractivity contribution < 1.29 is 32.8 Å². The minimum absolute atomic E-state index is 0.0262. The first-order chi connectivity index (χ1) is 25.4. The SMILES string of the molecule is CCCCCCCCC=CCCCCCCC=COCC(COP(=O)(O)OCCN)OC(=O)CCCCCCCCCC=CCCCCCCCC. The summed E-state index contributed by atoms with van der Waals surface area (Å²) in [5.74, 6) is -0.359. The van der Waals surface area contributed by atoms with Gasteiger partial charge in [-0.3, -0.25) is 13.8 Å². The Morgan fingerprint density at radius 3 is 1.42 bits per heavy atom. The summed E-state index contributed by atoms with van der Waals surface area (Å²) >= 11 is 0. The summed E-state index contributed by atoms with van der Waals surface area (Å²) in [6.07, 6.45) is 46.8. The molecule has 0 fully saturated rings. The zero-order valence-electron chi connectivity index (χ0n) is 33.8. The molecule has 0 heterocycles. The molecule has 0 spiro atoms. The van der Waals surface area contributed by atoms with E-state index < -0.39 is 13.9 Å². The summed E-state index contributed by atoms with van der Waals surface area (Å²) in [4.78, 5) is 22.4. The average Bonchev–Trinajstić information content (AvgIpc) is 3.13. The second-order valence-electron chi connectivity index (χ2n) is 14.3. The van der Waals surface area contributed by atoms with E-state index in [-0.39, 0.29) is 32.3 Å². The predicted molar refractivity (Wildman–Crippen MR) is 219 cm³/mol. The first-order valence-corrected chi connectivity index (χ1v) is 23.0. The molecule has 0 aliphatic rings. The topological polar surface area (TPSA) is 117 Å². The van der Waals surface area contributed by atoms with Crippen molar-refractivity contribution in [2.75, 3.05) is 26.4 Å². The molecule has 0 aromatic heterocycles. The fourth-order valence-corrected chi connectivity index (χ4v) is 6.66. The molecule has 0 saturated heterocycles. The van der Waals surface area contributed by atoms with Crippen molar-refractivity contribution in [1.82, 2.24) is 0 Å². The smallest absolute Gasteiger partial charge is 0.472 e. The number of ether oxygens (including phenoxy) is 2. The Bertz CT molecular complexity index is 895. The van der Waals surface area contributed by atoms with Gasteiger partial charge in [0.25, 0.3) is 0 Å². The fourth-order valence-electron chi connectivity index (χ4n) is 5.89. The summed E-state index contributed by atoms with van der Waals surface area (Å²) in [5.41, 5.74) is 5.36. The molecule has 3 N–H and O–H groups in total. The number of phosphoric ester groups is 1. The molecule has 0 saturated carbocycles. The first kappa shape index (κ1) is 50.6. The lowest BCUT2D eigenvalue weighted by molar-refractivity contribution is -0.153. The normalized spacial score (nSPS) is 13.8. The maximum atomic E-state index is 12.6. The lowest BCUT2D eigenvalue weighted by Crippen LogP contribution is -2.27. The second-order valence-corrected chi connectivity index (χ2v) is 15.7. The van der Waals surface area contributed by atoms with Gasteiger partial charge >= 0.3 is 13.8 Å². The van der Waals surface area contributed by atoms with Gasteiger partial charge in [-0.2, -0.15) is 0 Å². The van der Waals surface area contributed by atoms with Crippen molar-refractivity contribution in [2.45, 2.75) is 206 Å². The average molecular weight is 756 g/mol. The first-order valence-electron chi connectivity index (χ1n) is 21.5. The molecule has 0 aliphatic carbocycles. The highest BCUT2D eigenvalue weighted by Gasteiger charge is 2.25. The van der Waals surface area contributed by atoms with Gasteiger partial charge in [0.2, 0.25) is 0 Å². The molecule has 52 heavy (non-hydrogen) atoms. The molecule has 0 rings (SSSR count). The van der Waals surface area contributed by atoms with Crippen LogP contribution in [0.5, 0.6) is 0 Å². The van der Waals surface area contributed by atoms with Gasteiger partial charge in [0.1, 0.15) is 6.61 Å². The number of rotatable bonds is 41. The zero-order valence-corrected chi connectivity index (χ0v) is 34.7. The van der Waals surface area contributed by atoms with Gasteiger partial charge in [0.15, 0.2) is 6.10 Å². The van der Waals surface area contributed by atoms with Crippen LogP contribution in [0.1, 0.15) is 200 Å². The van der Waals surface area contributed by atoms with Crippen LogP contribution in [0.15, 0.2) is 36.6 Å². The van der Waals surface area contributed by atoms with Crippen molar-refractivity contribution in [3.8, 4) is 0 Å². The Morgan fingerprint density at radius 2 is 0.981 bits per heavy atom. The Morgan fingerprint density at radius 1 is 0.577 bits per heavy atom. The van der Waals surface area contributed by atoms with E-state index >= 15 is 0 Å². The maximum absolute atomic E-state index is 12.6. The van der Waals surface area contributed by atoms with Gasteiger partial charge in [-0.05, 0) is 76.7 Å². The Kier molecular flexibility index (Phi) is 39.6. The van der Waals surface area contributed by atoms with E-state index in [0.29, 0.717) is 6.42 Å². The molecule has 2 unspecified atom stereocenters. The van der Waals surface area contributed by atoms with Crippen LogP contribution in [0, 0.1) is 0 Å². The molecule has 0 aromatic rings. The quantitative estimate of drug-likeness (QED) is 0.0208. The number of esters is 1. The van der Waals surface area contributed by atoms with Gasteiger partial charge in [0, 0.05) is 13.0 Å². The van der Waals surface area contributed by atoms with Crippen molar-refractivity contribution in [3.63, 3.8) is 0 Å². The van der Waals surface area contributed by atoms with Crippen LogP contribution in [0.3, 0.4) is 0 Å². The third-order valence-corrected chi connectivity index (χ3v) is 10.1. The molecule has 0 aliphatic heterocycles. The molecular weight excluding hydrogens is 673 g/mol. The third-order valence-electron chi connectivity index (χ3n) is 9.09. The minimum Gasteiger partial charge on any atom is -0.498 e. The van der Waals surface area contributed by atoms with E-state index in [1.165, 1.54) is 141 Å². The van der Waals surface area contributed by atoms with E-state index in [1.807, 2.05) is 6.08 Å². The highest BCUT2D eigenvalue weighted by molar-refractivity contribution is 7.47. The number of carbonyl (C=O) groups excluding carboxylic acids is 1. The number of phosphoric acid groups is 1. The van der Waals surface area contributed by atoms with Crippen molar-refractivity contribution in [1.29, 1.82) is 0 Å². The van der Waals surface area contributed by atoms with Crippen LogP contribution >= 0.6 is 7.82 Å². The molecule has 2 atom stereocenters. The highest BCUT2D eigenvalue weighted by atomic mass is 31.2. The summed E-state index contributed by atoms with van der Waals surface area (Å²) < 4.78 is 33.2. The molecule has 0 bridgehead atoms. The Labute approximate surface area is 320 Å². The fraction of sp³-hybridized carbons (Fsp3) is 0.837. The second kappa shape index (κ2) is 40.7. The lowest BCUT2D eigenvalue weighted by atomic mass is 10.1. The van der Waals surface area contributed by atoms with Crippen LogP contribution in [-0.4, -0.2) is 43.3 Å². The van der Waals surface area contributed by atoms with Gasteiger partial charge in [-0.15, -0.1) is 0 Å². The van der Waals surface area contributed by atoms with Crippen LogP contribution in [0.25, 0.3) is 0 Å².